The lowest BCUT2D eigenvalue weighted by molar-refractivity contribution is -0.116. The van der Waals surface area contributed by atoms with Gasteiger partial charge in [0.15, 0.2) is 0 Å². The van der Waals surface area contributed by atoms with Crippen molar-refractivity contribution >= 4 is 67.3 Å². The Balaban J connectivity index is 1.59. The number of anilines is 2. The first-order chi connectivity index (χ1) is 15.7. The van der Waals surface area contributed by atoms with Gasteiger partial charge >= 0.3 is 0 Å². The molecule has 0 aliphatic carbocycles. The summed E-state index contributed by atoms with van der Waals surface area (Å²) in [6, 6.07) is 13.2. The highest BCUT2D eigenvalue weighted by atomic mass is 127. The van der Waals surface area contributed by atoms with Crippen molar-refractivity contribution in [3.63, 3.8) is 0 Å². The molecule has 168 valence electrons. The molecule has 0 atom stereocenters. The Morgan fingerprint density at radius 2 is 1.76 bits per heavy atom. The third kappa shape index (κ3) is 4.83. The first kappa shape index (κ1) is 23.1. The van der Waals surface area contributed by atoms with Crippen LogP contribution < -0.4 is 16.2 Å². The van der Waals surface area contributed by atoms with E-state index in [4.69, 9.17) is 0 Å². The fourth-order valence-electron chi connectivity index (χ4n) is 3.49. The van der Waals surface area contributed by atoms with E-state index in [9.17, 15) is 14.4 Å². The number of nitrogens with one attached hydrogen (secondary N) is 2. The summed E-state index contributed by atoms with van der Waals surface area (Å²) in [6.07, 6.45) is 1.35. The summed E-state index contributed by atoms with van der Waals surface area (Å²) in [5.41, 5.74) is 3.50. The normalized spacial score (nSPS) is 10.9. The standard InChI is InChI=1S/C24H21IN4O3S/c1-13-6-4-5-7-17(13)28-22(31)21-15(3)20-23(33-21)26-12-29(24(20)32)11-19(30)27-18-9-8-16(25)10-14(18)2/h4-10,12H,11H2,1-3H3,(H,27,30)(H,28,31). The van der Waals surface area contributed by atoms with Gasteiger partial charge in [-0.05, 0) is 84.3 Å². The Morgan fingerprint density at radius 3 is 2.48 bits per heavy atom. The third-order valence-corrected chi connectivity index (χ3v) is 7.16. The number of thiophene rings is 1. The fraction of sp³-hybridized carbons (Fsp3) is 0.167. The molecule has 33 heavy (non-hydrogen) atoms. The zero-order valence-electron chi connectivity index (χ0n) is 18.2. The Morgan fingerprint density at radius 1 is 1.03 bits per heavy atom. The topological polar surface area (TPSA) is 93.1 Å². The number of aromatic nitrogens is 2. The zero-order valence-corrected chi connectivity index (χ0v) is 21.2. The van der Waals surface area contributed by atoms with Crippen LogP contribution in [-0.4, -0.2) is 21.4 Å². The number of carbonyl (C=O) groups is 2. The Hall–Kier alpha value is -3.05. The number of rotatable bonds is 5. The van der Waals surface area contributed by atoms with E-state index in [2.05, 4.69) is 38.2 Å². The summed E-state index contributed by atoms with van der Waals surface area (Å²) in [4.78, 5) is 43.8. The predicted octanol–water partition coefficient (Wildman–Crippen LogP) is 4.88. The molecule has 0 bridgehead atoms. The van der Waals surface area contributed by atoms with Gasteiger partial charge in [0.05, 0.1) is 16.6 Å². The van der Waals surface area contributed by atoms with Gasteiger partial charge in [0.1, 0.15) is 11.4 Å². The van der Waals surface area contributed by atoms with Gasteiger partial charge in [-0.2, -0.15) is 0 Å². The molecule has 7 nitrogen and oxygen atoms in total. The van der Waals surface area contributed by atoms with Crippen molar-refractivity contribution < 1.29 is 9.59 Å². The van der Waals surface area contributed by atoms with Gasteiger partial charge in [0, 0.05) is 14.9 Å². The van der Waals surface area contributed by atoms with E-state index >= 15 is 0 Å². The molecule has 2 aromatic carbocycles. The summed E-state index contributed by atoms with van der Waals surface area (Å²) in [5, 5.41) is 6.10. The highest BCUT2D eigenvalue weighted by molar-refractivity contribution is 14.1. The van der Waals surface area contributed by atoms with Crippen molar-refractivity contribution in [3.05, 3.63) is 84.3 Å². The molecular formula is C24H21IN4O3S. The van der Waals surface area contributed by atoms with Crippen molar-refractivity contribution in [2.24, 2.45) is 0 Å². The maximum absolute atomic E-state index is 13.1. The molecule has 0 unspecified atom stereocenters. The molecule has 2 heterocycles. The summed E-state index contributed by atoms with van der Waals surface area (Å²) in [5.74, 6) is -0.615. The van der Waals surface area contributed by atoms with Crippen molar-refractivity contribution in [3.8, 4) is 0 Å². The molecule has 2 amide bonds. The third-order valence-electron chi connectivity index (χ3n) is 5.29. The van der Waals surface area contributed by atoms with Crippen LogP contribution in [0.4, 0.5) is 11.4 Å². The lowest BCUT2D eigenvalue weighted by atomic mass is 10.2. The number of amides is 2. The van der Waals surface area contributed by atoms with E-state index in [0.29, 0.717) is 32.0 Å². The van der Waals surface area contributed by atoms with Crippen molar-refractivity contribution in [2.75, 3.05) is 10.6 Å². The van der Waals surface area contributed by atoms with Crippen molar-refractivity contribution in [1.29, 1.82) is 0 Å². The summed E-state index contributed by atoms with van der Waals surface area (Å²) >= 11 is 3.38. The van der Waals surface area contributed by atoms with Gasteiger partial charge < -0.3 is 10.6 Å². The van der Waals surface area contributed by atoms with Gasteiger partial charge in [-0.25, -0.2) is 4.98 Å². The molecular weight excluding hydrogens is 551 g/mol. The van der Waals surface area contributed by atoms with Crippen molar-refractivity contribution in [1.82, 2.24) is 9.55 Å². The molecule has 0 saturated carbocycles. The van der Waals surface area contributed by atoms with E-state index in [1.165, 1.54) is 22.2 Å². The van der Waals surface area contributed by atoms with Crippen LogP contribution in [0.3, 0.4) is 0 Å². The molecule has 2 N–H and O–H groups in total. The highest BCUT2D eigenvalue weighted by Crippen LogP contribution is 2.28. The molecule has 4 rings (SSSR count). The quantitative estimate of drug-likeness (QED) is 0.334. The van der Waals surface area contributed by atoms with Gasteiger partial charge in [0.25, 0.3) is 11.5 Å². The number of nitrogens with zero attached hydrogens (tertiary/aromatic N) is 2. The number of aryl methyl sites for hydroxylation is 3. The van der Waals surface area contributed by atoms with Gasteiger partial charge in [-0.15, -0.1) is 11.3 Å². The van der Waals surface area contributed by atoms with Crippen LogP contribution in [0.15, 0.2) is 53.6 Å². The lowest BCUT2D eigenvalue weighted by Gasteiger charge is -2.10. The average molecular weight is 572 g/mol. The zero-order chi connectivity index (χ0) is 23.7. The van der Waals surface area contributed by atoms with Gasteiger partial charge in [0.2, 0.25) is 5.91 Å². The van der Waals surface area contributed by atoms with Crippen LogP contribution in [-0.2, 0) is 11.3 Å². The number of fused-ring (bicyclic) bond motifs is 1. The number of carbonyl (C=O) groups excluding carboxylic acids is 2. The second kappa shape index (κ2) is 9.44. The Bertz CT molecular complexity index is 1460. The predicted molar refractivity (Wildman–Crippen MR) is 140 cm³/mol. The maximum atomic E-state index is 13.1. The van der Waals surface area contributed by atoms with E-state index in [1.807, 2.05) is 56.3 Å². The second-order valence-electron chi connectivity index (χ2n) is 7.69. The fourth-order valence-corrected chi connectivity index (χ4v) is 5.17. The van der Waals surface area contributed by atoms with Crippen molar-refractivity contribution in [2.45, 2.75) is 27.3 Å². The lowest BCUT2D eigenvalue weighted by Crippen LogP contribution is -2.28. The van der Waals surface area contributed by atoms with Crippen LogP contribution in [0, 0.1) is 24.3 Å². The SMILES string of the molecule is Cc1cc(I)ccc1NC(=O)Cn1cnc2sc(C(=O)Nc3ccccc3C)c(C)c2c1=O. The first-order valence-corrected chi connectivity index (χ1v) is 12.1. The number of benzene rings is 2. The Kier molecular flexibility index (Phi) is 6.61. The maximum Gasteiger partial charge on any atom is 0.266 e. The summed E-state index contributed by atoms with van der Waals surface area (Å²) in [7, 11) is 0. The number of halogens is 1. The van der Waals surface area contributed by atoms with Gasteiger partial charge in [-0.3, -0.25) is 19.0 Å². The van der Waals surface area contributed by atoms with Crippen LogP contribution >= 0.6 is 33.9 Å². The van der Waals surface area contributed by atoms with Crippen LogP contribution in [0.25, 0.3) is 10.2 Å². The molecule has 9 heteroatoms. The minimum absolute atomic E-state index is 0.173. The molecule has 0 radical (unpaired) electrons. The summed E-state index contributed by atoms with van der Waals surface area (Å²) < 4.78 is 2.34. The number of para-hydroxylation sites is 1. The minimum Gasteiger partial charge on any atom is -0.324 e. The monoisotopic (exact) mass is 572 g/mol. The first-order valence-electron chi connectivity index (χ1n) is 10.2. The molecule has 0 fully saturated rings. The van der Waals surface area contributed by atoms with Crippen LogP contribution in [0.5, 0.6) is 0 Å². The number of hydrogen-bond acceptors (Lipinski definition) is 5. The molecule has 0 aliphatic rings. The summed E-state index contributed by atoms with van der Waals surface area (Å²) in [6.45, 7) is 5.38. The van der Waals surface area contributed by atoms with Gasteiger partial charge in [-0.1, -0.05) is 18.2 Å². The molecule has 4 aromatic rings. The van der Waals surface area contributed by atoms with Crippen LogP contribution in [0.2, 0.25) is 0 Å². The molecule has 0 aliphatic heterocycles. The average Bonchev–Trinajstić information content (AvgIpc) is 3.11. The Labute approximate surface area is 208 Å². The smallest absolute Gasteiger partial charge is 0.266 e. The highest BCUT2D eigenvalue weighted by Gasteiger charge is 2.20. The second-order valence-corrected chi connectivity index (χ2v) is 9.94. The molecule has 0 spiro atoms. The van der Waals surface area contributed by atoms with E-state index in [-0.39, 0.29) is 23.9 Å². The van der Waals surface area contributed by atoms with E-state index in [0.717, 1.165) is 14.7 Å². The number of hydrogen-bond donors (Lipinski definition) is 2. The minimum atomic E-state index is -0.349. The largest absolute Gasteiger partial charge is 0.324 e. The molecule has 2 aromatic heterocycles. The van der Waals surface area contributed by atoms with E-state index in [1.54, 1.807) is 6.92 Å². The molecule has 0 saturated heterocycles. The van der Waals surface area contributed by atoms with Crippen LogP contribution in [0.1, 0.15) is 26.4 Å². The van der Waals surface area contributed by atoms with E-state index < -0.39 is 0 Å².